The van der Waals surface area contributed by atoms with Crippen molar-refractivity contribution in [2.24, 2.45) is 0 Å². The highest BCUT2D eigenvalue weighted by molar-refractivity contribution is 6.44. The lowest BCUT2D eigenvalue weighted by atomic mass is 10.2. The van der Waals surface area contributed by atoms with Crippen molar-refractivity contribution in [2.75, 3.05) is 5.32 Å². The van der Waals surface area contributed by atoms with E-state index in [1.165, 1.54) is 0 Å². The first-order chi connectivity index (χ1) is 12.1. The van der Waals surface area contributed by atoms with E-state index >= 15 is 0 Å². The Hall–Kier alpha value is -2.49. The zero-order valence-electron chi connectivity index (χ0n) is 13.2. The molecule has 3 aromatic carbocycles. The second-order valence-corrected chi connectivity index (χ2v) is 6.14. The third-order valence-electron chi connectivity index (χ3n) is 3.56. The average molecular weight is 372 g/mol. The third kappa shape index (κ3) is 4.53. The molecule has 3 nitrogen and oxygen atoms in total. The summed E-state index contributed by atoms with van der Waals surface area (Å²) in [6.45, 7) is 0.477. The normalized spacial score (nSPS) is 10.3. The minimum atomic E-state index is -0.265. The van der Waals surface area contributed by atoms with Gasteiger partial charge in [0, 0.05) is 5.56 Å². The van der Waals surface area contributed by atoms with E-state index in [2.05, 4.69) is 5.32 Å². The molecule has 0 aliphatic carbocycles. The van der Waals surface area contributed by atoms with Gasteiger partial charge in [-0.2, -0.15) is 0 Å². The summed E-state index contributed by atoms with van der Waals surface area (Å²) < 4.78 is 5.71. The minimum Gasteiger partial charge on any atom is -0.489 e. The Morgan fingerprint density at radius 2 is 1.60 bits per heavy atom. The molecule has 0 aromatic heterocycles. The molecular weight excluding hydrogens is 357 g/mol. The zero-order valence-corrected chi connectivity index (χ0v) is 14.7. The highest BCUT2D eigenvalue weighted by Gasteiger charge is 2.10. The SMILES string of the molecule is O=C(Nc1cccc(Cl)c1Cl)c1ccc(OCc2ccccc2)cc1. The molecule has 5 heteroatoms. The van der Waals surface area contributed by atoms with Crippen molar-refractivity contribution in [3.8, 4) is 5.75 Å². The van der Waals surface area contributed by atoms with Gasteiger partial charge in [0.1, 0.15) is 12.4 Å². The molecule has 126 valence electrons. The highest BCUT2D eigenvalue weighted by atomic mass is 35.5. The van der Waals surface area contributed by atoms with Crippen LogP contribution in [0.2, 0.25) is 10.0 Å². The Morgan fingerprint density at radius 1 is 0.880 bits per heavy atom. The summed E-state index contributed by atoms with van der Waals surface area (Å²) in [4.78, 5) is 12.3. The first-order valence-electron chi connectivity index (χ1n) is 7.65. The van der Waals surface area contributed by atoms with E-state index in [1.807, 2.05) is 30.3 Å². The van der Waals surface area contributed by atoms with Crippen molar-refractivity contribution in [3.05, 3.63) is 94.0 Å². The molecule has 1 N–H and O–H groups in total. The first-order valence-corrected chi connectivity index (χ1v) is 8.41. The molecule has 0 unspecified atom stereocenters. The van der Waals surface area contributed by atoms with Gasteiger partial charge in [-0.25, -0.2) is 0 Å². The van der Waals surface area contributed by atoms with Crippen LogP contribution < -0.4 is 10.1 Å². The van der Waals surface area contributed by atoms with Crippen LogP contribution in [0, 0.1) is 0 Å². The van der Waals surface area contributed by atoms with Crippen molar-refractivity contribution in [1.29, 1.82) is 0 Å². The summed E-state index contributed by atoms with van der Waals surface area (Å²) in [6.07, 6.45) is 0. The molecular formula is C20H15Cl2NO2. The van der Waals surface area contributed by atoms with Gasteiger partial charge in [0.15, 0.2) is 0 Å². The van der Waals surface area contributed by atoms with Crippen LogP contribution in [0.5, 0.6) is 5.75 Å². The number of benzene rings is 3. The first kappa shape index (κ1) is 17.3. The molecule has 0 bridgehead atoms. The number of halogens is 2. The Bertz CT molecular complexity index is 865. The van der Waals surface area contributed by atoms with Crippen molar-refractivity contribution >= 4 is 34.8 Å². The van der Waals surface area contributed by atoms with Crippen LogP contribution in [0.3, 0.4) is 0 Å². The lowest BCUT2D eigenvalue weighted by molar-refractivity contribution is 0.102. The van der Waals surface area contributed by atoms with Crippen LogP contribution in [0.4, 0.5) is 5.69 Å². The van der Waals surface area contributed by atoms with Crippen LogP contribution >= 0.6 is 23.2 Å². The monoisotopic (exact) mass is 371 g/mol. The molecule has 0 atom stereocenters. The number of carbonyl (C=O) groups excluding carboxylic acids is 1. The molecule has 0 saturated carbocycles. The van der Waals surface area contributed by atoms with Gasteiger partial charge in [0.05, 0.1) is 15.7 Å². The van der Waals surface area contributed by atoms with Gasteiger partial charge in [-0.3, -0.25) is 4.79 Å². The van der Waals surface area contributed by atoms with E-state index in [1.54, 1.807) is 42.5 Å². The quantitative estimate of drug-likeness (QED) is 0.612. The second-order valence-electron chi connectivity index (χ2n) is 5.35. The summed E-state index contributed by atoms with van der Waals surface area (Å²) in [6, 6.07) is 21.9. The molecule has 0 saturated heterocycles. The lowest BCUT2D eigenvalue weighted by Crippen LogP contribution is -2.12. The van der Waals surface area contributed by atoms with Crippen molar-refractivity contribution in [1.82, 2.24) is 0 Å². The van der Waals surface area contributed by atoms with Crippen molar-refractivity contribution < 1.29 is 9.53 Å². The van der Waals surface area contributed by atoms with Gasteiger partial charge in [0.2, 0.25) is 0 Å². The molecule has 0 fully saturated rings. The fourth-order valence-corrected chi connectivity index (χ4v) is 2.59. The Labute approximate surface area is 156 Å². The molecule has 0 aliphatic heterocycles. The summed E-state index contributed by atoms with van der Waals surface area (Å²) in [5.41, 5.74) is 2.06. The number of amides is 1. The molecule has 0 aliphatic rings. The van der Waals surface area contributed by atoms with Gasteiger partial charge >= 0.3 is 0 Å². The van der Waals surface area contributed by atoms with E-state index in [9.17, 15) is 4.79 Å². The topological polar surface area (TPSA) is 38.3 Å². The standard InChI is InChI=1S/C20H15Cl2NO2/c21-17-7-4-8-18(19(17)22)23-20(24)15-9-11-16(12-10-15)25-13-14-5-2-1-3-6-14/h1-12H,13H2,(H,23,24). The molecule has 1 amide bonds. The van der Waals surface area contributed by atoms with Gasteiger partial charge in [-0.1, -0.05) is 59.6 Å². The summed E-state index contributed by atoms with van der Waals surface area (Å²) in [5.74, 6) is 0.431. The largest absolute Gasteiger partial charge is 0.489 e. The number of ether oxygens (including phenoxy) is 1. The predicted molar refractivity (Wildman–Crippen MR) is 102 cm³/mol. The van der Waals surface area contributed by atoms with Gasteiger partial charge < -0.3 is 10.1 Å². The Balaban J connectivity index is 1.63. The second kappa shape index (κ2) is 8.06. The maximum absolute atomic E-state index is 12.3. The number of nitrogens with one attached hydrogen (secondary N) is 1. The maximum Gasteiger partial charge on any atom is 0.255 e. The van der Waals surface area contributed by atoms with Crippen LogP contribution in [-0.4, -0.2) is 5.91 Å². The molecule has 3 rings (SSSR count). The number of hydrogen-bond donors (Lipinski definition) is 1. The number of rotatable bonds is 5. The number of hydrogen-bond acceptors (Lipinski definition) is 2. The summed E-state index contributed by atoms with van der Waals surface area (Å²) in [5, 5.41) is 3.46. The van der Waals surface area contributed by atoms with Crippen LogP contribution in [-0.2, 0) is 6.61 Å². The molecule has 3 aromatic rings. The van der Waals surface area contributed by atoms with E-state index in [4.69, 9.17) is 27.9 Å². The van der Waals surface area contributed by atoms with E-state index in [-0.39, 0.29) is 5.91 Å². The lowest BCUT2D eigenvalue weighted by Gasteiger charge is -2.09. The van der Waals surface area contributed by atoms with Crippen molar-refractivity contribution in [2.45, 2.75) is 6.61 Å². The molecule has 0 radical (unpaired) electrons. The highest BCUT2D eigenvalue weighted by Crippen LogP contribution is 2.29. The van der Waals surface area contributed by atoms with E-state index < -0.39 is 0 Å². The van der Waals surface area contributed by atoms with Crippen LogP contribution in [0.25, 0.3) is 0 Å². The number of anilines is 1. The maximum atomic E-state index is 12.3. The average Bonchev–Trinajstić information content (AvgIpc) is 2.65. The van der Waals surface area contributed by atoms with Gasteiger partial charge in [-0.05, 0) is 42.0 Å². The Morgan fingerprint density at radius 3 is 2.32 bits per heavy atom. The molecule has 25 heavy (non-hydrogen) atoms. The molecule has 0 spiro atoms. The summed E-state index contributed by atoms with van der Waals surface area (Å²) in [7, 11) is 0. The fraction of sp³-hybridized carbons (Fsp3) is 0.0500. The van der Waals surface area contributed by atoms with E-state index in [0.29, 0.717) is 33.7 Å². The van der Waals surface area contributed by atoms with Crippen LogP contribution in [0.1, 0.15) is 15.9 Å². The van der Waals surface area contributed by atoms with E-state index in [0.717, 1.165) is 5.56 Å². The summed E-state index contributed by atoms with van der Waals surface area (Å²) >= 11 is 12.0. The minimum absolute atomic E-state index is 0.265. The van der Waals surface area contributed by atoms with Crippen molar-refractivity contribution in [3.63, 3.8) is 0 Å². The van der Waals surface area contributed by atoms with Gasteiger partial charge in [0.25, 0.3) is 5.91 Å². The number of carbonyl (C=O) groups is 1. The smallest absolute Gasteiger partial charge is 0.255 e. The van der Waals surface area contributed by atoms with Gasteiger partial charge in [-0.15, -0.1) is 0 Å². The predicted octanol–water partition coefficient (Wildman–Crippen LogP) is 5.82. The Kier molecular flexibility index (Phi) is 5.59. The zero-order chi connectivity index (χ0) is 17.6. The molecule has 0 heterocycles. The third-order valence-corrected chi connectivity index (χ3v) is 4.38. The van der Waals surface area contributed by atoms with Crippen LogP contribution in [0.15, 0.2) is 72.8 Å². The fourth-order valence-electron chi connectivity index (χ4n) is 2.24.